The van der Waals surface area contributed by atoms with Crippen LogP contribution in [-0.2, 0) is 0 Å². The molecular formula is C11H14BrCl. The number of hydrogen-bond acceptors (Lipinski definition) is 0. The Morgan fingerprint density at radius 2 is 2.08 bits per heavy atom. The molecule has 13 heavy (non-hydrogen) atoms. The summed E-state index contributed by atoms with van der Waals surface area (Å²) < 4.78 is 0. The lowest BCUT2D eigenvalue weighted by atomic mass is 9.97. The summed E-state index contributed by atoms with van der Waals surface area (Å²) in [5, 5.41) is 1.96. The van der Waals surface area contributed by atoms with Gasteiger partial charge in [-0.2, -0.15) is 0 Å². The quantitative estimate of drug-likeness (QED) is 0.694. The van der Waals surface area contributed by atoms with Gasteiger partial charge in [0, 0.05) is 10.4 Å². The van der Waals surface area contributed by atoms with Crippen LogP contribution < -0.4 is 0 Å². The van der Waals surface area contributed by atoms with E-state index >= 15 is 0 Å². The lowest BCUT2D eigenvalue weighted by molar-refractivity contribution is 0.671. The maximum absolute atomic E-state index is 6.09. The van der Waals surface area contributed by atoms with Gasteiger partial charge in [-0.25, -0.2) is 0 Å². The standard InChI is InChI=1S/C11H14BrCl/c1-9(5-4-8-12)10-6-2-3-7-11(10)13/h2-3,6-7,9H,4-5,8H2,1H3. The van der Waals surface area contributed by atoms with E-state index in [1.54, 1.807) is 0 Å². The fourth-order valence-electron chi connectivity index (χ4n) is 1.41. The Balaban J connectivity index is 2.65. The first-order valence-corrected chi connectivity index (χ1v) is 6.06. The zero-order valence-electron chi connectivity index (χ0n) is 7.76. The predicted octanol–water partition coefficient (Wildman–Crippen LogP) is 4.62. The molecule has 0 aliphatic carbocycles. The van der Waals surface area contributed by atoms with E-state index < -0.39 is 0 Å². The molecule has 0 amide bonds. The fourth-order valence-corrected chi connectivity index (χ4v) is 2.06. The van der Waals surface area contributed by atoms with E-state index in [-0.39, 0.29) is 0 Å². The topological polar surface area (TPSA) is 0 Å². The molecule has 1 aromatic rings. The van der Waals surface area contributed by atoms with Crippen LogP contribution >= 0.6 is 27.5 Å². The van der Waals surface area contributed by atoms with Crippen molar-refractivity contribution >= 4 is 27.5 Å². The Hall–Kier alpha value is -0.0100. The summed E-state index contributed by atoms with van der Waals surface area (Å²) in [5.74, 6) is 0.561. The van der Waals surface area contributed by atoms with Crippen LogP contribution in [0.2, 0.25) is 5.02 Å². The van der Waals surface area contributed by atoms with Crippen LogP contribution in [0, 0.1) is 0 Å². The molecular weight excluding hydrogens is 247 g/mol. The minimum Gasteiger partial charge on any atom is -0.0928 e. The minimum atomic E-state index is 0.561. The molecule has 0 spiro atoms. The molecule has 0 saturated heterocycles. The maximum atomic E-state index is 6.09. The normalized spacial score (nSPS) is 12.8. The number of alkyl halides is 1. The van der Waals surface area contributed by atoms with Crippen molar-refractivity contribution in [3.8, 4) is 0 Å². The van der Waals surface area contributed by atoms with Crippen molar-refractivity contribution in [1.82, 2.24) is 0 Å². The van der Waals surface area contributed by atoms with Gasteiger partial charge in [-0.3, -0.25) is 0 Å². The van der Waals surface area contributed by atoms with Crippen LogP contribution in [0.1, 0.15) is 31.2 Å². The lowest BCUT2D eigenvalue weighted by Gasteiger charge is -2.12. The second-order valence-corrected chi connectivity index (χ2v) is 4.45. The third-order valence-electron chi connectivity index (χ3n) is 2.21. The molecule has 0 fully saturated rings. The Kier molecular flexibility index (Phi) is 4.82. The highest BCUT2D eigenvalue weighted by Gasteiger charge is 2.07. The minimum absolute atomic E-state index is 0.561. The molecule has 1 unspecified atom stereocenters. The number of rotatable bonds is 4. The first-order valence-electron chi connectivity index (χ1n) is 4.56. The summed E-state index contributed by atoms with van der Waals surface area (Å²) in [4.78, 5) is 0. The zero-order valence-corrected chi connectivity index (χ0v) is 10.1. The number of halogens is 2. The molecule has 72 valence electrons. The van der Waals surface area contributed by atoms with E-state index in [1.807, 2.05) is 18.2 Å². The first-order chi connectivity index (χ1) is 6.25. The highest BCUT2D eigenvalue weighted by atomic mass is 79.9. The van der Waals surface area contributed by atoms with Crippen LogP contribution in [0.4, 0.5) is 0 Å². The molecule has 1 rings (SSSR count). The van der Waals surface area contributed by atoms with Gasteiger partial charge >= 0.3 is 0 Å². The molecule has 1 aromatic carbocycles. The lowest BCUT2D eigenvalue weighted by Crippen LogP contribution is -1.94. The van der Waals surface area contributed by atoms with Crippen molar-refractivity contribution < 1.29 is 0 Å². The third-order valence-corrected chi connectivity index (χ3v) is 3.11. The summed E-state index contributed by atoms with van der Waals surface area (Å²) in [6.45, 7) is 2.23. The molecule has 0 heterocycles. The average molecular weight is 262 g/mol. The molecule has 1 atom stereocenters. The summed E-state index contributed by atoms with van der Waals surface area (Å²) in [6, 6.07) is 8.09. The monoisotopic (exact) mass is 260 g/mol. The Bertz CT molecular complexity index is 260. The zero-order chi connectivity index (χ0) is 9.68. The van der Waals surface area contributed by atoms with Crippen molar-refractivity contribution in [2.24, 2.45) is 0 Å². The number of benzene rings is 1. The fraction of sp³-hybridized carbons (Fsp3) is 0.455. The SMILES string of the molecule is CC(CCCBr)c1ccccc1Cl. The van der Waals surface area contributed by atoms with E-state index in [0.717, 1.165) is 10.4 Å². The molecule has 0 saturated carbocycles. The highest BCUT2D eigenvalue weighted by molar-refractivity contribution is 9.09. The summed E-state index contributed by atoms with van der Waals surface area (Å²) in [5.41, 5.74) is 1.27. The first kappa shape index (κ1) is 11.1. The van der Waals surface area contributed by atoms with E-state index in [1.165, 1.54) is 18.4 Å². The molecule has 0 aromatic heterocycles. The summed E-state index contributed by atoms with van der Waals surface area (Å²) in [7, 11) is 0. The molecule has 0 aliphatic rings. The van der Waals surface area contributed by atoms with Crippen molar-refractivity contribution in [3.63, 3.8) is 0 Å². The maximum Gasteiger partial charge on any atom is 0.0440 e. The van der Waals surface area contributed by atoms with Gasteiger partial charge in [-0.05, 0) is 30.4 Å². The molecule has 0 aliphatic heterocycles. The average Bonchev–Trinajstić information content (AvgIpc) is 2.15. The van der Waals surface area contributed by atoms with Gasteiger partial charge < -0.3 is 0 Å². The van der Waals surface area contributed by atoms with E-state index in [4.69, 9.17) is 11.6 Å². The van der Waals surface area contributed by atoms with E-state index in [0.29, 0.717) is 5.92 Å². The van der Waals surface area contributed by atoms with Crippen LogP contribution in [0.15, 0.2) is 24.3 Å². The van der Waals surface area contributed by atoms with Gasteiger partial charge in [0.15, 0.2) is 0 Å². The highest BCUT2D eigenvalue weighted by Crippen LogP contribution is 2.27. The van der Waals surface area contributed by atoms with Crippen LogP contribution in [-0.4, -0.2) is 5.33 Å². The Morgan fingerprint density at radius 3 is 2.69 bits per heavy atom. The number of hydrogen-bond donors (Lipinski definition) is 0. The van der Waals surface area contributed by atoms with Crippen LogP contribution in [0.3, 0.4) is 0 Å². The smallest absolute Gasteiger partial charge is 0.0440 e. The van der Waals surface area contributed by atoms with Gasteiger partial charge in [0.05, 0.1) is 0 Å². The summed E-state index contributed by atoms with van der Waals surface area (Å²) >= 11 is 9.52. The van der Waals surface area contributed by atoms with Crippen molar-refractivity contribution in [2.75, 3.05) is 5.33 Å². The van der Waals surface area contributed by atoms with Crippen molar-refractivity contribution in [1.29, 1.82) is 0 Å². The molecule has 0 N–H and O–H groups in total. The Morgan fingerprint density at radius 1 is 1.38 bits per heavy atom. The second kappa shape index (κ2) is 5.66. The predicted molar refractivity (Wildman–Crippen MR) is 62.9 cm³/mol. The molecule has 0 radical (unpaired) electrons. The molecule has 0 bridgehead atoms. The van der Waals surface area contributed by atoms with Gasteiger partial charge in [0.1, 0.15) is 0 Å². The van der Waals surface area contributed by atoms with Gasteiger partial charge in [-0.15, -0.1) is 0 Å². The van der Waals surface area contributed by atoms with E-state index in [9.17, 15) is 0 Å². The summed E-state index contributed by atoms with van der Waals surface area (Å²) in [6.07, 6.45) is 2.39. The second-order valence-electron chi connectivity index (χ2n) is 3.25. The van der Waals surface area contributed by atoms with Crippen molar-refractivity contribution in [2.45, 2.75) is 25.7 Å². The molecule has 0 nitrogen and oxygen atoms in total. The largest absolute Gasteiger partial charge is 0.0928 e. The molecule has 2 heteroatoms. The van der Waals surface area contributed by atoms with Crippen LogP contribution in [0.25, 0.3) is 0 Å². The van der Waals surface area contributed by atoms with Gasteiger partial charge in [0.2, 0.25) is 0 Å². The third kappa shape index (κ3) is 3.32. The van der Waals surface area contributed by atoms with E-state index in [2.05, 4.69) is 28.9 Å². The van der Waals surface area contributed by atoms with Gasteiger partial charge in [-0.1, -0.05) is 52.7 Å². The van der Waals surface area contributed by atoms with Gasteiger partial charge in [0.25, 0.3) is 0 Å². The Labute approximate surface area is 93.4 Å². The van der Waals surface area contributed by atoms with Crippen molar-refractivity contribution in [3.05, 3.63) is 34.9 Å². The van der Waals surface area contributed by atoms with Crippen LogP contribution in [0.5, 0.6) is 0 Å².